The summed E-state index contributed by atoms with van der Waals surface area (Å²) in [5.74, 6) is -0.674. The van der Waals surface area contributed by atoms with Crippen LogP contribution in [0.15, 0.2) is 54.6 Å². The molecule has 2 aromatic carbocycles. The number of anilines is 1. The third kappa shape index (κ3) is 8.90. The predicted octanol–water partition coefficient (Wildman–Crippen LogP) is 4.11. The summed E-state index contributed by atoms with van der Waals surface area (Å²) in [6, 6.07) is 16.9. The average Bonchev–Trinajstić information content (AvgIpc) is 2.71. The van der Waals surface area contributed by atoms with Crippen LogP contribution >= 0.6 is 0 Å². The van der Waals surface area contributed by atoms with Crippen LogP contribution in [0.2, 0.25) is 0 Å². The van der Waals surface area contributed by atoms with Gasteiger partial charge >= 0.3 is 5.97 Å². The summed E-state index contributed by atoms with van der Waals surface area (Å²) in [4.78, 5) is 36.0. The van der Waals surface area contributed by atoms with Crippen LogP contribution in [0.5, 0.6) is 0 Å². The van der Waals surface area contributed by atoms with Crippen molar-refractivity contribution in [3.05, 3.63) is 65.7 Å². The van der Waals surface area contributed by atoms with Crippen molar-refractivity contribution in [1.82, 2.24) is 5.32 Å². The van der Waals surface area contributed by atoms with Crippen molar-refractivity contribution in [2.45, 2.75) is 52.0 Å². The monoisotopic (exact) mass is 410 g/mol. The lowest BCUT2D eigenvalue weighted by molar-refractivity contribution is -0.143. The topological polar surface area (TPSA) is 84.5 Å². The molecule has 6 heteroatoms. The Morgan fingerprint density at radius 1 is 0.933 bits per heavy atom. The smallest absolute Gasteiger partial charge is 0.305 e. The minimum atomic E-state index is -0.289. The van der Waals surface area contributed by atoms with Gasteiger partial charge in [0.15, 0.2) is 0 Å². The molecule has 0 fully saturated rings. The number of aryl methyl sites for hydroxylation is 1. The molecule has 0 aliphatic rings. The van der Waals surface area contributed by atoms with Crippen LogP contribution in [0.4, 0.5) is 5.69 Å². The molecule has 160 valence electrons. The highest BCUT2D eigenvalue weighted by Crippen LogP contribution is 2.12. The van der Waals surface area contributed by atoms with Crippen molar-refractivity contribution in [1.29, 1.82) is 0 Å². The van der Waals surface area contributed by atoms with Crippen molar-refractivity contribution < 1.29 is 19.1 Å². The zero-order valence-corrected chi connectivity index (χ0v) is 17.6. The number of esters is 1. The van der Waals surface area contributed by atoms with E-state index in [4.69, 9.17) is 4.74 Å². The molecule has 2 N–H and O–H groups in total. The molecule has 0 aliphatic carbocycles. The van der Waals surface area contributed by atoms with Gasteiger partial charge < -0.3 is 15.4 Å². The van der Waals surface area contributed by atoms with Gasteiger partial charge in [0, 0.05) is 30.1 Å². The Morgan fingerprint density at radius 3 is 2.43 bits per heavy atom. The molecule has 0 aromatic heterocycles. The van der Waals surface area contributed by atoms with Crippen LogP contribution < -0.4 is 10.6 Å². The number of ether oxygens (including phenoxy) is 1. The summed E-state index contributed by atoms with van der Waals surface area (Å²) in [6.07, 6.45) is 2.47. The standard InChI is InChI=1S/C24H30N2O4/c1-18(2)25-24(29)20-12-6-13-21(17-20)26-22(27)14-7-15-23(28)30-16-8-11-19-9-4-3-5-10-19/h3-6,9-10,12-13,17-18H,7-8,11,14-16H2,1-2H3,(H,25,29)(H,26,27). The fourth-order valence-corrected chi connectivity index (χ4v) is 2.88. The van der Waals surface area contributed by atoms with Crippen LogP contribution in [0.25, 0.3) is 0 Å². The van der Waals surface area contributed by atoms with Crippen molar-refractivity contribution >= 4 is 23.5 Å². The number of carbonyl (C=O) groups is 3. The molecule has 2 aromatic rings. The fourth-order valence-electron chi connectivity index (χ4n) is 2.88. The molecule has 6 nitrogen and oxygen atoms in total. The van der Waals surface area contributed by atoms with Crippen LogP contribution in [0.3, 0.4) is 0 Å². The van der Waals surface area contributed by atoms with Crippen molar-refractivity contribution in [3.8, 4) is 0 Å². The minimum Gasteiger partial charge on any atom is -0.466 e. The molecule has 0 aliphatic heterocycles. The Labute approximate surface area is 178 Å². The number of rotatable bonds is 11. The van der Waals surface area contributed by atoms with Gasteiger partial charge in [-0.05, 0) is 56.9 Å². The SMILES string of the molecule is CC(C)NC(=O)c1cccc(NC(=O)CCCC(=O)OCCCc2ccccc2)c1. The van der Waals surface area contributed by atoms with E-state index in [9.17, 15) is 14.4 Å². The predicted molar refractivity (Wildman–Crippen MR) is 117 cm³/mol. The zero-order chi connectivity index (χ0) is 21.8. The van der Waals surface area contributed by atoms with E-state index < -0.39 is 0 Å². The van der Waals surface area contributed by atoms with E-state index in [1.54, 1.807) is 24.3 Å². The Kier molecular flexibility index (Phi) is 9.58. The summed E-state index contributed by atoms with van der Waals surface area (Å²) in [5, 5.41) is 5.58. The Morgan fingerprint density at radius 2 is 1.70 bits per heavy atom. The molecule has 0 saturated heterocycles. The minimum absolute atomic E-state index is 0.0360. The maximum absolute atomic E-state index is 12.1. The highest BCUT2D eigenvalue weighted by atomic mass is 16.5. The third-order valence-electron chi connectivity index (χ3n) is 4.33. The van der Waals surface area contributed by atoms with Crippen molar-refractivity contribution in [2.24, 2.45) is 0 Å². The fraction of sp³-hybridized carbons (Fsp3) is 0.375. The summed E-state index contributed by atoms with van der Waals surface area (Å²) in [6.45, 7) is 4.15. The van der Waals surface area contributed by atoms with Gasteiger partial charge in [0.1, 0.15) is 0 Å². The molecule has 0 radical (unpaired) electrons. The maximum atomic E-state index is 12.1. The first kappa shape index (κ1) is 23.1. The summed E-state index contributed by atoms with van der Waals surface area (Å²) >= 11 is 0. The van der Waals surface area contributed by atoms with E-state index in [1.165, 1.54) is 5.56 Å². The van der Waals surface area contributed by atoms with Crippen LogP contribution in [-0.4, -0.2) is 30.4 Å². The molecule has 0 unspecified atom stereocenters. The number of benzene rings is 2. The number of carbonyl (C=O) groups excluding carboxylic acids is 3. The van der Waals surface area contributed by atoms with Gasteiger partial charge in [0.2, 0.25) is 5.91 Å². The molecule has 0 spiro atoms. The first-order valence-corrected chi connectivity index (χ1v) is 10.3. The summed E-state index contributed by atoms with van der Waals surface area (Å²) in [5.41, 5.74) is 2.26. The molecule has 2 rings (SSSR count). The first-order valence-electron chi connectivity index (χ1n) is 10.3. The van der Waals surface area contributed by atoms with Crippen LogP contribution in [-0.2, 0) is 20.7 Å². The van der Waals surface area contributed by atoms with Crippen LogP contribution in [0.1, 0.15) is 55.5 Å². The first-order chi connectivity index (χ1) is 14.4. The Hall–Kier alpha value is -3.15. The summed E-state index contributed by atoms with van der Waals surface area (Å²) < 4.78 is 5.22. The highest BCUT2D eigenvalue weighted by molar-refractivity contribution is 5.97. The normalized spacial score (nSPS) is 10.5. The quantitative estimate of drug-likeness (QED) is 0.431. The van der Waals surface area contributed by atoms with Crippen LogP contribution in [0, 0.1) is 0 Å². The summed E-state index contributed by atoms with van der Waals surface area (Å²) in [7, 11) is 0. The highest BCUT2D eigenvalue weighted by Gasteiger charge is 2.10. The van der Waals surface area contributed by atoms with Gasteiger partial charge in [0.25, 0.3) is 5.91 Å². The van der Waals surface area contributed by atoms with E-state index in [-0.39, 0.29) is 36.7 Å². The van der Waals surface area contributed by atoms with Crippen molar-refractivity contribution in [3.63, 3.8) is 0 Å². The molecule has 0 saturated carbocycles. The molecular formula is C24H30N2O4. The number of hydrogen-bond acceptors (Lipinski definition) is 4. The van der Waals surface area contributed by atoms with Gasteiger partial charge in [-0.3, -0.25) is 14.4 Å². The molecule has 0 bridgehead atoms. The van der Waals surface area contributed by atoms with E-state index in [0.29, 0.717) is 24.3 Å². The second-order valence-corrected chi connectivity index (χ2v) is 7.42. The number of nitrogens with one attached hydrogen (secondary N) is 2. The lowest BCUT2D eigenvalue weighted by Gasteiger charge is -2.10. The van der Waals surface area contributed by atoms with Gasteiger partial charge in [-0.1, -0.05) is 36.4 Å². The molecule has 0 atom stereocenters. The molecule has 2 amide bonds. The van der Waals surface area contributed by atoms with E-state index in [1.807, 2.05) is 44.2 Å². The van der Waals surface area contributed by atoms with Gasteiger partial charge in [-0.25, -0.2) is 0 Å². The van der Waals surface area contributed by atoms with Crippen molar-refractivity contribution in [2.75, 3.05) is 11.9 Å². The Balaban J connectivity index is 1.63. The van der Waals surface area contributed by atoms with Gasteiger partial charge in [0.05, 0.1) is 6.61 Å². The molecule has 30 heavy (non-hydrogen) atoms. The zero-order valence-electron chi connectivity index (χ0n) is 17.6. The second-order valence-electron chi connectivity index (χ2n) is 7.42. The molecule has 0 heterocycles. The Bertz CT molecular complexity index is 834. The largest absolute Gasteiger partial charge is 0.466 e. The lowest BCUT2D eigenvalue weighted by atomic mass is 10.1. The lowest BCUT2D eigenvalue weighted by Crippen LogP contribution is -2.30. The maximum Gasteiger partial charge on any atom is 0.305 e. The van der Waals surface area contributed by atoms with Gasteiger partial charge in [-0.2, -0.15) is 0 Å². The number of amides is 2. The van der Waals surface area contributed by atoms with E-state index >= 15 is 0 Å². The van der Waals surface area contributed by atoms with E-state index in [2.05, 4.69) is 10.6 Å². The number of hydrogen-bond donors (Lipinski definition) is 2. The average molecular weight is 411 g/mol. The third-order valence-corrected chi connectivity index (χ3v) is 4.33. The van der Waals surface area contributed by atoms with E-state index in [0.717, 1.165) is 12.8 Å². The molecular weight excluding hydrogens is 380 g/mol. The second kappa shape index (κ2) is 12.4. The van der Waals surface area contributed by atoms with Gasteiger partial charge in [-0.15, -0.1) is 0 Å².